The van der Waals surface area contributed by atoms with Crippen LogP contribution in [0.25, 0.3) is 5.69 Å². The molecule has 0 atom stereocenters. The Morgan fingerprint density at radius 2 is 1.90 bits per heavy atom. The molecule has 4 rings (SSSR count). The van der Waals surface area contributed by atoms with Crippen molar-refractivity contribution >= 4 is 29.3 Å². The number of aromatic nitrogens is 3. The van der Waals surface area contributed by atoms with E-state index in [-0.39, 0.29) is 17.0 Å². The zero-order valence-corrected chi connectivity index (χ0v) is 17.0. The molecule has 3 aromatic rings. The fraction of sp³-hybridized carbons (Fsp3) is 0.200. The Kier molecular flexibility index (Phi) is 5.94. The monoisotopic (exact) mass is 438 g/mol. The van der Waals surface area contributed by atoms with E-state index in [1.54, 1.807) is 0 Å². The van der Waals surface area contributed by atoms with Gasteiger partial charge >= 0.3 is 0 Å². The van der Waals surface area contributed by atoms with Gasteiger partial charge in [-0.05, 0) is 31.0 Å². The van der Waals surface area contributed by atoms with Crippen LogP contribution in [-0.2, 0) is 4.79 Å². The van der Waals surface area contributed by atoms with E-state index in [4.69, 9.17) is 0 Å². The zero-order valence-electron chi connectivity index (χ0n) is 16.2. The van der Waals surface area contributed by atoms with Crippen molar-refractivity contribution < 1.29 is 14.5 Å². The van der Waals surface area contributed by atoms with Crippen LogP contribution in [0.2, 0.25) is 0 Å². The normalized spacial score (nSPS) is 12.9. The highest BCUT2D eigenvalue weighted by molar-refractivity contribution is 7.99. The summed E-state index contributed by atoms with van der Waals surface area (Å²) in [5, 5.41) is 15.8. The molecule has 31 heavy (non-hydrogen) atoms. The molecule has 1 fully saturated rings. The molecule has 1 aliphatic rings. The molecule has 0 saturated heterocycles. The van der Waals surface area contributed by atoms with Gasteiger partial charge < -0.3 is 0 Å². The molecule has 11 heteroatoms. The van der Waals surface area contributed by atoms with Gasteiger partial charge in [-0.1, -0.05) is 36.0 Å². The van der Waals surface area contributed by atoms with Gasteiger partial charge in [0, 0.05) is 23.6 Å². The van der Waals surface area contributed by atoms with Crippen molar-refractivity contribution in [3.05, 3.63) is 76.1 Å². The van der Waals surface area contributed by atoms with Gasteiger partial charge in [0.25, 0.3) is 11.6 Å². The highest BCUT2D eigenvalue weighted by Crippen LogP contribution is 2.40. The Balaban J connectivity index is 1.33. The van der Waals surface area contributed by atoms with Crippen LogP contribution in [0, 0.1) is 10.1 Å². The van der Waals surface area contributed by atoms with Gasteiger partial charge in [0.05, 0.1) is 16.4 Å². The number of hydrazine groups is 1. The number of para-hydroxylation sites is 1. The molecule has 0 bridgehead atoms. The largest absolute Gasteiger partial charge is 0.272 e. The first kappa shape index (κ1) is 20.5. The number of thioether (sulfide) groups is 1. The lowest BCUT2D eigenvalue weighted by atomic mass is 10.2. The van der Waals surface area contributed by atoms with Crippen molar-refractivity contribution in [3.63, 3.8) is 0 Å². The van der Waals surface area contributed by atoms with E-state index in [1.165, 1.54) is 18.2 Å². The molecule has 0 unspecified atom stereocenters. The average molecular weight is 438 g/mol. The second kappa shape index (κ2) is 8.96. The van der Waals surface area contributed by atoms with E-state index in [0.29, 0.717) is 11.1 Å². The number of amides is 2. The Hall–Kier alpha value is -3.73. The van der Waals surface area contributed by atoms with Gasteiger partial charge in [-0.15, -0.1) is 5.10 Å². The summed E-state index contributed by atoms with van der Waals surface area (Å²) in [4.78, 5) is 39.0. The molecule has 10 nitrogen and oxygen atoms in total. The summed E-state index contributed by atoms with van der Waals surface area (Å²) in [5.41, 5.74) is 5.32. The van der Waals surface area contributed by atoms with E-state index in [2.05, 4.69) is 20.9 Å². The van der Waals surface area contributed by atoms with Crippen molar-refractivity contribution in [2.75, 3.05) is 5.75 Å². The molecule has 1 aromatic heterocycles. The fourth-order valence-electron chi connectivity index (χ4n) is 2.86. The van der Waals surface area contributed by atoms with Gasteiger partial charge in [0.15, 0.2) is 0 Å². The predicted molar refractivity (Wildman–Crippen MR) is 113 cm³/mol. The zero-order chi connectivity index (χ0) is 21.8. The number of nitrogens with zero attached hydrogens (tertiary/aromatic N) is 4. The number of carbonyl (C=O) groups is 2. The van der Waals surface area contributed by atoms with E-state index < -0.39 is 16.7 Å². The standard InChI is InChI=1S/C20H18N6O4S/c27-17(22-23-19(28)14-5-4-8-16(11-14)26(29)30)12-31-20-21-18(13-9-10-13)25(24-20)15-6-2-1-3-7-15/h1-8,11,13H,9-10,12H2,(H,22,27)(H,23,28). The molecule has 2 aromatic carbocycles. The maximum atomic E-state index is 12.1. The summed E-state index contributed by atoms with van der Waals surface area (Å²) in [6.07, 6.45) is 2.14. The van der Waals surface area contributed by atoms with Gasteiger partial charge in [-0.2, -0.15) is 0 Å². The third-order valence-electron chi connectivity index (χ3n) is 4.52. The summed E-state index contributed by atoms with van der Waals surface area (Å²) in [6, 6.07) is 14.9. The van der Waals surface area contributed by atoms with Crippen LogP contribution >= 0.6 is 11.8 Å². The van der Waals surface area contributed by atoms with Crippen molar-refractivity contribution in [2.45, 2.75) is 23.9 Å². The average Bonchev–Trinajstić information content (AvgIpc) is 3.55. The first-order chi connectivity index (χ1) is 15.0. The lowest BCUT2D eigenvalue weighted by molar-refractivity contribution is -0.384. The van der Waals surface area contributed by atoms with Gasteiger partial charge in [-0.3, -0.25) is 30.6 Å². The minimum atomic E-state index is -0.649. The summed E-state index contributed by atoms with van der Waals surface area (Å²) in [6.45, 7) is 0. The number of nitro groups is 1. The first-order valence-corrected chi connectivity index (χ1v) is 10.5. The van der Waals surface area contributed by atoms with Crippen LogP contribution < -0.4 is 10.9 Å². The number of non-ortho nitro benzene ring substituents is 1. The molecule has 2 N–H and O–H groups in total. The molecular formula is C20H18N6O4S. The SMILES string of the molecule is O=C(CSc1nc(C2CC2)n(-c2ccccc2)n1)NNC(=O)c1cccc([N+](=O)[O-])c1. The molecule has 1 heterocycles. The van der Waals surface area contributed by atoms with Crippen LogP contribution in [0.5, 0.6) is 0 Å². The maximum Gasteiger partial charge on any atom is 0.270 e. The quantitative estimate of drug-likeness (QED) is 0.329. The van der Waals surface area contributed by atoms with Crippen LogP contribution in [0.3, 0.4) is 0 Å². The van der Waals surface area contributed by atoms with Crippen molar-refractivity contribution in [1.82, 2.24) is 25.6 Å². The van der Waals surface area contributed by atoms with Crippen molar-refractivity contribution in [3.8, 4) is 5.69 Å². The van der Waals surface area contributed by atoms with E-state index >= 15 is 0 Å². The third-order valence-corrected chi connectivity index (χ3v) is 5.36. The minimum Gasteiger partial charge on any atom is -0.272 e. The lowest BCUT2D eigenvalue weighted by Gasteiger charge is -2.06. The Morgan fingerprint density at radius 1 is 1.13 bits per heavy atom. The lowest BCUT2D eigenvalue weighted by Crippen LogP contribution is -2.42. The van der Waals surface area contributed by atoms with Crippen LogP contribution in [0.15, 0.2) is 59.8 Å². The molecule has 0 aliphatic heterocycles. The Morgan fingerprint density at radius 3 is 2.61 bits per heavy atom. The number of nitrogens with one attached hydrogen (secondary N) is 2. The summed E-state index contributed by atoms with van der Waals surface area (Å²) >= 11 is 1.16. The highest BCUT2D eigenvalue weighted by Gasteiger charge is 2.30. The number of benzene rings is 2. The summed E-state index contributed by atoms with van der Waals surface area (Å²) in [7, 11) is 0. The number of hydrogen-bond acceptors (Lipinski definition) is 7. The van der Waals surface area contributed by atoms with Gasteiger partial charge in [0.1, 0.15) is 5.82 Å². The van der Waals surface area contributed by atoms with Crippen LogP contribution in [-0.4, -0.2) is 37.3 Å². The molecule has 158 valence electrons. The Labute approximate surface area is 181 Å². The Bertz CT molecular complexity index is 1130. The fourth-order valence-corrected chi connectivity index (χ4v) is 3.49. The van der Waals surface area contributed by atoms with Gasteiger partial charge in [0.2, 0.25) is 11.1 Å². The second-order valence-electron chi connectivity index (χ2n) is 6.87. The van der Waals surface area contributed by atoms with E-state index in [1.807, 2.05) is 35.0 Å². The van der Waals surface area contributed by atoms with Crippen LogP contribution in [0.4, 0.5) is 5.69 Å². The summed E-state index contributed by atoms with van der Waals surface area (Å²) < 4.78 is 1.81. The summed E-state index contributed by atoms with van der Waals surface area (Å²) in [5.74, 6) is 0.161. The molecule has 1 saturated carbocycles. The number of rotatable bonds is 7. The smallest absolute Gasteiger partial charge is 0.270 e. The highest BCUT2D eigenvalue weighted by atomic mass is 32.2. The molecule has 2 amide bonds. The number of nitro benzene ring substituents is 1. The molecule has 1 aliphatic carbocycles. The number of hydrogen-bond donors (Lipinski definition) is 2. The predicted octanol–water partition coefficient (Wildman–Crippen LogP) is 2.61. The van der Waals surface area contributed by atoms with E-state index in [0.717, 1.165) is 42.2 Å². The minimum absolute atomic E-state index is 0.00186. The number of carbonyl (C=O) groups excluding carboxylic acids is 2. The van der Waals surface area contributed by atoms with Crippen LogP contribution in [0.1, 0.15) is 34.9 Å². The van der Waals surface area contributed by atoms with E-state index in [9.17, 15) is 19.7 Å². The topological polar surface area (TPSA) is 132 Å². The maximum absolute atomic E-state index is 12.1. The van der Waals surface area contributed by atoms with Crippen molar-refractivity contribution in [2.24, 2.45) is 0 Å². The second-order valence-corrected chi connectivity index (χ2v) is 7.82. The third kappa shape index (κ3) is 5.07. The molecule has 0 spiro atoms. The van der Waals surface area contributed by atoms with Crippen molar-refractivity contribution in [1.29, 1.82) is 0 Å². The molecular weight excluding hydrogens is 420 g/mol. The first-order valence-electron chi connectivity index (χ1n) is 9.50. The van der Waals surface area contributed by atoms with Gasteiger partial charge in [-0.25, -0.2) is 9.67 Å². The molecule has 0 radical (unpaired) electrons.